The topological polar surface area (TPSA) is 41.9 Å². The number of nitrogens with one attached hydrogen (secondary N) is 1. The highest BCUT2D eigenvalue weighted by Gasteiger charge is 2.30. The van der Waals surface area contributed by atoms with E-state index >= 15 is 0 Å². The van der Waals surface area contributed by atoms with E-state index in [4.69, 9.17) is 0 Å². The summed E-state index contributed by atoms with van der Waals surface area (Å²) < 4.78 is 41.0. The van der Waals surface area contributed by atoms with Crippen molar-refractivity contribution in [2.45, 2.75) is 13.1 Å². The fourth-order valence-electron chi connectivity index (χ4n) is 3.01. The number of aromatic amines is 1. The summed E-state index contributed by atoms with van der Waals surface area (Å²) in [7, 11) is 0. The number of hydrogen-bond acceptors (Lipinski definition) is 1. The minimum atomic E-state index is -4.41. The van der Waals surface area contributed by atoms with Crippen molar-refractivity contribution in [3.63, 3.8) is 0 Å². The van der Waals surface area contributed by atoms with Gasteiger partial charge >= 0.3 is 11.7 Å². The van der Waals surface area contributed by atoms with Crippen molar-refractivity contribution in [3.05, 3.63) is 76.1 Å². The summed E-state index contributed by atoms with van der Waals surface area (Å²) in [6.45, 7) is 1.83. The van der Waals surface area contributed by atoms with Gasteiger partial charge in [-0.15, -0.1) is 4.52 Å². The van der Waals surface area contributed by atoms with Crippen LogP contribution in [0, 0.1) is 6.92 Å². The first-order valence-corrected chi connectivity index (χ1v) is 7.59. The standard InChI is InChI=1S/C18H12F3N3O/c1-11-10-12-4-2-3-5-15(12)24-16(11)17(25)23(22-24)14-8-6-13(7-9-14)18(19,20)21/h2-10H,1H3/p+1. The second kappa shape index (κ2) is 5.20. The molecular weight excluding hydrogens is 331 g/mol. The average Bonchev–Trinajstić information content (AvgIpc) is 2.93. The molecule has 7 heteroatoms. The SMILES string of the molecule is Cc1cc2ccccc2[n+]2[nH]n(-c3ccc(C(F)(F)F)cc3)c(=O)c12. The summed E-state index contributed by atoms with van der Waals surface area (Å²) in [5, 5.41) is 3.92. The molecule has 0 spiro atoms. The Morgan fingerprint density at radius 1 is 1.04 bits per heavy atom. The summed E-state index contributed by atoms with van der Waals surface area (Å²) in [4.78, 5) is 12.8. The van der Waals surface area contributed by atoms with Gasteiger partial charge in [0.15, 0.2) is 11.2 Å². The molecule has 2 aromatic carbocycles. The zero-order chi connectivity index (χ0) is 17.8. The molecule has 2 aromatic heterocycles. The number of fused-ring (bicyclic) bond motifs is 3. The third-order valence-corrected chi connectivity index (χ3v) is 4.21. The molecule has 1 N–H and O–H groups in total. The van der Waals surface area contributed by atoms with Crippen molar-refractivity contribution in [2.75, 3.05) is 0 Å². The minimum absolute atomic E-state index is 0.317. The van der Waals surface area contributed by atoms with Gasteiger partial charge in [0.05, 0.1) is 5.56 Å². The van der Waals surface area contributed by atoms with Crippen molar-refractivity contribution in [1.29, 1.82) is 0 Å². The molecule has 0 unspecified atom stereocenters. The van der Waals surface area contributed by atoms with Gasteiger partial charge in [0.25, 0.3) is 0 Å². The number of H-pyrrole nitrogens is 1. The molecule has 0 saturated heterocycles. The summed E-state index contributed by atoms with van der Waals surface area (Å²) in [5.74, 6) is 0. The van der Waals surface area contributed by atoms with Crippen LogP contribution in [-0.2, 0) is 6.18 Å². The molecule has 0 atom stereocenters. The van der Waals surface area contributed by atoms with Crippen LogP contribution in [0.4, 0.5) is 13.2 Å². The lowest BCUT2D eigenvalue weighted by Gasteiger charge is -2.05. The van der Waals surface area contributed by atoms with Crippen LogP contribution in [-0.4, -0.2) is 9.90 Å². The Balaban J connectivity index is 1.97. The highest BCUT2D eigenvalue weighted by Crippen LogP contribution is 2.29. The molecule has 0 bridgehead atoms. The van der Waals surface area contributed by atoms with Crippen LogP contribution in [0.3, 0.4) is 0 Å². The molecule has 0 aliphatic carbocycles. The molecule has 0 saturated carbocycles. The lowest BCUT2D eigenvalue weighted by atomic mass is 10.1. The number of nitrogens with zero attached hydrogens (tertiary/aromatic N) is 2. The summed E-state index contributed by atoms with van der Waals surface area (Å²) >= 11 is 0. The van der Waals surface area contributed by atoms with Crippen LogP contribution < -0.4 is 10.1 Å². The van der Waals surface area contributed by atoms with Crippen LogP contribution in [0.2, 0.25) is 0 Å². The fourth-order valence-corrected chi connectivity index (χ4v) is 3.01. The molecule has 25 heavy (non-hydrogen) atoms. The summed E-state index contributed by atoms with van der Waals surface area (Å²) in [6, 6.07) is 14.0. The van der Waals surface area contributed by atoms with Gasteiger partial charge in [-0.05, 0) is 43.3 Å². The smallest absolute Gasteiger partial charge is 0.234 e. The maximum atomic E-state index is 12.8. The summed E-state index contributed by atoms with van der Waals surface area (Å²) in [6.07, 6.45) is -4.41. The Hall–Kier alpha value is -3.09. The van der Waals surface area contributed by atoms with Crippen molar-refractivity contribution in [1.82, 2.24) is 9.90 Å². The van der Waals surface area contributed by atoms with E-state index in [2.05, 4.69) is 5.21 Å². The zero-order valence-corrected chi connectivity index (χ0v) is 13.1. The van der Waals surface area contributed by atoms with Crippen LogP contribution in [0.1, 0.15) is 11.1 Å². The Morgan fingerprint density at radius 2 is 1.72 bits per heavy atom. The Morgan fingerprint density at radius 3 is 2.40 bits per heavy atom. The first-order valence-electron chi connectivity index (χ1n) is 7.59. The second-order valence-electron chi connectivity index (χ2n) is 5.86. The molecule has 0 amide bonds. The second-order valence-corrected chi connectivity index (χ2v) is 5.86. The van der Waals surface area contributed by atoms with E-state index in [1.807, 2.05) is 37.3 Å². The number of benzene rings is 2. The Kier molecular flexibility index (Phi) is 3.21. The highest BCUT2D eigenvalue weighted by atomic mass is 19.4. The molecule has 4 aromatic rings. The van der Waals surface area contributed by atoms with E-state index in [1.165, 1.54) is 16.8 Å². The average molecular weight is 344 g/mol. The quantitative estimate of drug-likeness (QED) is 0.529. The van der Waals surface area contributed by atoms with Gasteiger partial charge in [-0.3, -0.25) is 0 Å². The number of alkyl halides is 3. The summed E-state index contributed by atoms with van der Waals surface area (Å²) in [5.41, 5.74) is 1.32. The number of hydrogen-bond donors (Lipinski definition) is 1. The van der Waals surface area contributed by atoms with Gasteiger partial charge in [0, 0.05) is 10.9 Å². The highest BCUT2D eigenvalue weighted by molar-refractivity contribution is 5.78. The first-order chi connectivity index (χ1) is 11.9. The number of para-hydroxylation sites is 1. The predicted molar refractivity (Wildman–Crippen MR) is 86.8 cm³/mol. The van der Waals surface area contributed by atoms with Gasteiger partial charge in [0.2, 0.25) is 5.52 Å². The maximum Gasteiger partial charge on any atom is 0.416 e. The zero-order valence-electron chi connectivity index (χ0n) is 13.1. The molecule has 4 rings (SSSR count). The van der Waals surface area contributed by atoms with Crippen molar-refractivity contribution < 1.29 is 17.7 Å². The van der Waals surface area contributed by atoms with Gasteiger partial charge < -0.3 is 0 Å². The largest absolute Gasteiger partial charge is 0.416 e. The normalized spacial score (nSPS) is 12.2. The van der Waals surface area contributed by atoms with Crippen LogP contribution >= 0.6 is 0 Å². The third kappa shape index (κ3) is 2.39. The molecule has 0 radical (unpaired) electrons. The fraction of sp³-hybridized carbons (Fsp3) is 0.111. The van der Waals surface area contributed by atoms with E-state index in [0.29, 0.717) is 11.2 Å². The van der Waals surface area contributed by atoms with E-state index in [9.17, 15) is 18.0 Å². The van der Waals surface area contributed by atoms with Gasteiger partial charge in [-0.1, -0.05) is 28.1 Å². The van der Waals surface area contributed by atoms with Crippen molar-refractivity contribution >= 4 is 16.4 Å². The van der Waals surface area contributed by atoms with E-state index in [0.717, 1.165) is 28.6 Å². The number of aryl methyl sites for hydroxylation is 1. The molecule has 2 heterocycles. The first kappa shape index (κ1) is 15.4. The van der Waals surface area contributed by atoms with Gasteiger partial charge in [0.1, 0.15) is 0 Å². The minimum Gasteiger partial charge on any atom is -0.234 e. The van der Waals surface area contributed by atoms with Crippen molar-refractivity contribution in [3.8, 4) is 5.69 Å². The number of pyridine rings is 1. The number of halogens is 3. The van der Waals surface area contributed by atoms with Crippen LogP contribution in [0.5, 0.6) is 0 Å². The molecule has 0 aliphatic heterocycles. The number of aromatic nitrogens is 3. The molecule has 0 aliphatic rings. The van der Waals surface area contributed by atoms with Crippen molar-refractivity contribution in [2.24, 2.45) is 0 Å². The van der Waals surface area contributed by atoms with E-state index in [-0.39, 0.29) is 5.56 Å². The Bertz CT molecular complexity index is 1150. The van der Waals surface area contributed by atoms with E-state index < -0.39 is 11.7 Å². The third-order valence-electron chi connectivity index (χ3n) is 4.21. The Labute approximate surface area is 139 Å². The molecule has 126 valence electrons. The number of rotatable bonds is 1. The maximum absolute atomic E-state index is 12.8. The monoisotopic (exact) mass is 344 g/mol. The molecule has 0 fully saturated rings. The van der Waals surface area contributed by atoms with Gasteiger partial charge in [-0.25, -0.2) is 4.79 Å². The molecular formula is C18H13F3N3O+. The lowest BCUT2D eigenvalue weighted by Crippen LogP contribution is -2.26. The predicted octanol–water partition coefficient (Wildman–Crippen LogP) is 3.38. The van der Waals surface area contributed by atoms with Gasteiger partial charge in [-0.2, -0.15) is 13.2 Å². The van der Waals surface area contributed by atoms with E-state index in [1.54, 1.807) is 4.52 Å². The molecule has 4 nitrogen and oxygen atoms in total. The van der Waals surface area contributed by atoms with Crippen LogP contribution in [0.25, 0.3) is 22.1 Å². The van der Waals surface area contributed by atoms with Crippen LogP contribution in [0.15, 0.2) is 59.4 Å². The lowest BCUT2D eigenvalue weighted by molar-refractivity contribution is -0.555.